The van der Waals surface area contributed by atoms with E-state index in [0.717, 1.165) is 60.2 Å². The third-order valence-electron chi connectivity index (χ3n) is 8.77. The molecule has 0 unspecified atom stereocenters. The Labute approximate surface area is 288 Å². The molecule has 0 aliphatic heterocycles. The van der Waals surface area contributed by atoms with Crippen LogP contribution in [0, 0.1) is 0 Å². The number of benzene rings is 7. The smallest absolute Gasteiger partial charge is 0.164 e. The minimum absolute atomic E-state index is 0.641. The third kappa shape index (κ3) is 5.67. The summed E-state index contributed by atoms with van der Waals surface area (Å²) in [6.45, 7) is 0. The van der Waals surface area contributed by atoms with Gasteiger partial charge in [-0.25, -0.2) is 19.9 Å². The monoisotopic (exact) mass is 644 g/mol. The number of thiazole rings is 1. The van der Waals surface area contributed by atoms with E-state index in [2.05, 4.69) is 127 Å². The average Bonchev–Trinajstić information content (AvgIpc) is 3.63. The second-order valence-electron chi connectivity index (χ2n) is 11.9. The highest BCUT2D eigenvalue weighted by molar-refractivity contribution is 7.21. The summed E-state index contributed by atoms with van der Waals surface area (Å²) in [6, 6.07) is 58.8. The van der Waals surface area contributed by atoms with Crippen LogP contribution in [0.3, 0.4) is 0 Å². The van der Waals surface area contributed by atoms with E-state index in [4.69, 9.17) is 19.9 Å². The highest BCUT2D eigenvalue weighted by atomic mass is 32.1. The van der Waals surface area contributed by atoms with Gasteiger partial charge in [0.1, 0.15) is 5.01 Å². The predicted molar refractivity (Wildman–Crippen MR) is 203 cm³/mol. The van der Waals surface area contributed by atoms with Gasteiger partial charge >= 0.3 is 0 Å². The van der Waals surface area contributed by atoms with Crippen LogP contribution < -0.4 is 0 Å². The molecule has 4 nitrogen and oxygen atoms in total. The zero-order chi connectivity index (χ0) is 32.6. The van der Waals surface area contributed by atoms with E-state index in [-0.39, 0.29) is 0 Å². The Morgan fingerprint density at radius 2 is 0.796 bits per heavy atom. The summed E-state index contributed by atoms with van der Waals surface area (Å²) in [4.78, 5) is 20.0. The van der Waals surface area contributed by atoms with Crippen LogP contribution in [0.1, 0.15) is 0 Å². The van der Waals surface area contributed by atoms with Gasteiger partial charge in [0.15, 0.2) is 17.5 Å². The Balaban J connectivity index is 1.10. The first kappa shape index (κ1) is 28.9. The van der Waals surface area contributed by atoms with Gasteiger partial charge in [0.2, 0.25) is 0 Å². The summed E-state index contributed by atoms with van der Waals surface area (Å²) in [5.74, 6) is 1.93. The van der Waals surface area contributed by atoms with E-state index >= 15 is 0 Å². The Hall–Kier alpha value is -6.30. The van der Waals surface area contributed by atoms with Crippen LogP contribution in [0.5, 0.6) is 0 Å². The van der Waals surface area contributed by atoms with Gasteiger partial charge < -0.3 is 0 Å². The molecule has 0 atom stereocenters. The molecule has 5 heteroatoms. The van der Waals surface area contributed by atoms with Crippen LogP contribution in [0.2, 0.25) is 0 Å². The predicted octanol–water partition coefficient (Wildman–Crippen LogP) is 11.6. The lowest BCUT2D eigenvalue weighted by molar-refractivity contribution is 1.07. The topological polar surface area (TPSA) is 51.6 Å². The Bertz CT molecular complexity index is 2580. The zero-order valence-electron chi connectivity index (χ0n) is 26.4. The molecule has 7 aromatic carbocycles. The largest absolute Gasteiger partial charge is 0.235 e. The number of rotatable bonds is 6. The zero-order valence-corrected chi connectivity index (χ0v) is 27.2. The van der Waals surface area contributed by atoms with E-state index in [1.165, 1.54) is 10.3 Å². The first-order valence-corrected chi connectivity index (χ1v) is 17.0. The maximum absolute atomic E-state index is 5.08. The number of hydrogen-bond acceptors (Lipinski definition) is 5. The van der Waals surface area contributed by atoms with Gasteiger partial charge in [0, 0.05) is 27.8 Å². The normalized spacial score (nSPS) is 11.3. The van der Waals surface area contributed by atoms with E-state index < -0.39 is 0 Å². The molecule has 230 valence electrons. The average molecular weight is 645 g/mol. The highest BCUT2D eigenvalue weighted by Gasteiger charge is 2.15. The van der Waals surface area contributed by atoms with E-state index in [1.807, 2.05) is 42.5 Å². The summed E-state index contributed by atoms with van der Waals surface area (Å²) in [5, 5.41) is 3.30. The number of fused-ring (bicyclic) bond motifs is 2. The molecule has 2 heterocycles. The van der Waals surface area contributed by atoms with Crippen LogP contribution in [0.15, 0.2) is 170 Å². The van der Waals surface area contributed by atoms with Crippen molar-refractivity contribution in [3.05, 3.63) is 170 Å². The molecule has 0 amide bonds. The summed E-state index contributed by atoms with van der Waals surface area (Å²) in [7, 11) is 0. The van der Waals surface area contributed by atoms with Gasteiger partial charge in [-0.3, -0.25) is 0 Å². The van der Waals surface area contributed by atoms with Gasteiger partial charge in [-0.2, -0.15) is 0 Å². The molecule has 0 saturated heterocycles. The lowest BCUT2D eigenvalue weighted by Gasteiger charge is -2.10. The minimum atomic E-state index is 0.641. The Morgan fingerprint density at radius 3 is 1.45 bits per heavy atom. The molecule has 2 aromatic heterocycles. The lowest BCUT2D eigenvalue weighted by Crippen LogP contribution is -2.00. The SMILES string of the molecule is c1ccc(-c2ccc(-c3nc(-c4ccccc4)nc(-c4ccc5cc(-c6cccc7sc(-c8ccccc8)nc67)ccc5c4)n3)cc2)cc1. The number of aromatic nitrogens is 4. The molecule has 0 fully saturated rings. The fourth-order valence-corrected chi connectivity index (χ4v) is 7.23. The molecule has 0 aliphatic rings. The van der Waals surface area contributed by atoms with Crippen LogP contribution in [-0.2, 0) is 0 Å². The molecule has 0 N–H and O–H groups in total. The van der Waals surface area contributed by atoms with Crippen molar-refractivity contribution in [1.29, 1.82) is 0 Å². The summed E-state index contributed by atoms with van der Waals surface area (Å²) in [6.07, 6.45) is 0. The van der Waals surface area contributed by atoms with Crippen molar-refractivity contribution in [3.63, 3.8) is 0 Å². The van der Waals surface area contributed by atoms with E-state index in [1.54, 1.807) is 11.3 Å². The van der Waals surface area contributed by atoms with Crippen molar-refractivity contribution in [2.45, 2.75) is 0 Å². The molecule has 0 bridgehead atoms. The maximum atomic E-state index is 5.08. The van der Waals surface area contributed by atoms with Crippen molar-refractivity contribution in [3.8, 4) is 67.0 Å². The number of para-hydroxylation sites is 1. The van der Waals surface area contributed by atoms with Gasteiger partial charge in [0.05, 0.1) is 10.2 Å². The maximum Gasteiger partial charge on any atom is 0.164 e. The summed E-state index contributed by atoms with van der Waals surface area (Å²) in [5.41, 5.74) is 9.61. The molecular weight excluding hydrogens is 617 g/mol. The van der Waals surface area contributed by atoms with Crippen molar-refractivity contribution < 1.29 is 0 Å². The van der Waals surface area contributed by atoms with Crippen LogP contribution in [0.25, 0.3) is 88.0 Å². The fourth-order valence-electron chi connectivity index (χ4n) is 6.23. The van der Waals surface area contributed by atoms with Crippen LogP contribution >= 0.6 is 11.3 Å². The van der Waals surface area contributed by atoms with Crippen molar-refractivity contribution in [2.24, 2.45) is 0 Å². The lowest BCUT2D eigenvalue weighted by atomic mass is 9.99. The molecule has 0 radical (unpaired) electrons. The van der Waals surface area contributed by atoms with Gasteiger partial charge in [-0.1, -0.05) is 152 Å². The molecule has 0 aliphatic carbocycles. The summed E-state index contributed by atoms with van der Waals surface area (Å²) >= 11 is 1.73. The first-order valence-electron chi connectivity index (χ1n) is 16.2. The standard InChI is InChI=1S/C44H28N4S/c1-4-11-29(12-5-1)30-19-21-32(22-20-30)42-46-41(31-13-6-2-7-14-31)47-43(48-42)37-26-24-34-27-36(25-23-35(34)28-37)38-17-10-18-39-40(38)45-44(49-39)33-15-8-3-9-16-33/h1-28H. The molecule has 0 spiro atoms. The van der Waals surface area contributed by atoms with E-state index in [0.29, 0.717) is 17.5 Å². The first-order chi connectivity index (χ1) is 24.2. The van der Waals surface area contributed by atoms with Crippen LogP contribution in [-0.4, -0.2) is 19.9 Å². The Kier molecular flexibility index (Phi) is 7.30. The van der Waals surface area contributed by atoms with Gasteiger partial charge in [-0.05, 0) is 45.7 Å². The molecule has 9 aromatic rings. The number of nitrogens with zero attached hydrogens (tertiary/aromatic N) is 4. The van der Waals surface area contributed by atoms with Crippen molar-refractivity contribution in [1.82, 2.24) is 19.9 Å². The fraction of sp³-hybridized carbons (Fsp3) is 0. The molecular formula is C44H28N4S. The van der Waals surface area contributed by atoms with Gasteiger partial charge in [-0.15, -0.1) is 11.3 Å². The van der Waals surface area contributed by atoms with Crippen LogP contribution in [0.4, 0.5) is 0 Å². The summed E-state index contributed by atoms with van der Waals surface area (Å²) < 4.78 is 1.18. The number of hydrogen-bond donors (Lipinski definition) is 0. The molecule has 9 rings (SSSR count). The van der Waals surface area contributed by atoms with Crippen molar-refractivity contribution >= 4 is 32.3 Å². The molecule has 0 saturated carbocycles. The molecule has 49 heavy (non-hydrogen) atoms. The van der Waals surface area contributed by atoms with Crippen molar-refractivity contribution in [2.75, 3.05) is 0 Å². The van der Waals surface area contributed by atoms with E-state index in [9.17, 15) is 0 Å². The second kappa shape index (κ2) is 12.4. The Morgan fingerprint density at radius 1 is 0.327 bits per heavy atom. The van der Waals surface area contributed by atoms with Gasteiger partial charge in [0.25, 0.3) is 0 Å². The minimum Gasteiger partial charge on any atom is -0.235 e. The second-order valence-corrected chi connectivity index (χ2v) is 13.0. The quantitative estimate of drug-likeness (QED) is 0.181. The highest BCUT2D eigenvalue weighted by Crippen LogP contribution is 2.37. The third-order valence-corrected chi connectivity index (χ3v) is 9.84.